The predicted octanol–water partition coefficient (Wildman–Crippen LogP) is 3.00. The Morgan fingerprint density at radius 1 is 1.28 bits per heavy atom. The van der Waals surface area contributed by atoms with Crippen molar-refractivity contribution in [3.05, 3.63) is 29.3 Å². The molecule has 1 fully saturated rings. The average Bonchev–Trinajstić information content (AvgIpc) is 3.10. The van der Waals surface area contributed by atoms with Crippen LogP contribution in [-0.4, -0.2) is 13.2 Å². The van der Waals surface area contributed by atoms with Gasteiger partial charge in [-0.2, -0.15) is 13.2 Å². The second-order valence-corrected chi connectivity index (χ2v) is 4.62. The van der Waals surface area contributed by atoms with Crippen molar-refractivity contribution in [3.8, 4) is 5.75 Å². The van der Waals surface area contributed by atoms with E-state index in [1.54, 1.807) is 6.07 Å². The third kappa shape index (κ3) is 3.38. The van der Waals surface area contributed by atoms with E-state index in [-0.39, 0.29) is 5.75 Å². The van der Waals surface area contributed by atoms with Crippen LogP contribution in [0.15, 0.2) is 18.2 Å². The zero-order chi connectivity index (χ0) is 13.2. The van der Waals surface area contributed by atoms with E-state index in [1.807, 2.05) is 0 Å². The monoisotopic (exact) mass is 259 g/mol. The van der Waals surface area contributed by atoms with Gasteiger partial charge in [-0.05, 0) is 49.4 Å². The Kier molecular flexibility index (Phi) is 3.80. The second kappa shape index (κ2) is 5.18. The topological polar surface area (TPSA) is 35.2 Å². The highest BCUT2D eigenvalue weighted by Gasteiger charge is 2.35. The summed E-state index contributed by atoms with van der Waals surface area (Å²) in [7, 11) is 0. The highest BCUT2D eigenvalue weighted by Crippen LogP contribution is 2.38. The molecule has 0 saturated heterocycles. The first-order chi connectivity index (χ1) is 8.50. The summed E-state index contributed by atoms with van der Waals surface area (Å²) in [6, 6.07) is 4.18. The van der Waals surface area contributed by atoms with Crippen molar-refractivity contribution in [1.82, 2.24) is 0 Å². The summed E-state index contributed by atoms with van der Waals surface area (Å²) < 4.78 is 44.0. The van der Waals surface area contributed by atoms with Crippen LogP contribution in [0.5, 0.6) is 5.75 Å². The predicted molar refractivity (Wildman–Crippen MR) is 62.4 cm³/mol. The Bertz CT molecular complexity index is 413. The third-order valence-corrected chi connectivity index (χ3v) is 2.95. The van der Waals surface area contributed by atoms with Gasteiger partial charge in [-0.25, -0.2) is 0 Å². The maximum atomic E-state index is 12.9. The van der Waals surface area contributed by atoms with E-state index in [2.05, 4.69) is 0 Å². The van der Waals surface area contributed by atoms with Crippen LogP contribution >= 0.6 is 0 Å². The molecule has 0 amide bonds. The maximum Gasteiger partial charge on any atom is 0.419 e. The lowest BCUT2D eigenvalue weighted by Crippen LogP contribution is -2.11. The van der Waals surface area contributed by atoms with Crippen molar-refractivity contribution < 1.29 is 17.9 Å². The summed E-state index contributed by atoms with van der Waals surface area (Å²) in [6.07, 6.45) is -1.85. The van der Waals surface area contributed by atoms with Crippen LogP contribution in [0.25, 0.3) is 0 Å². The minimum Gasteiger partial charge on any atom is -0.493 e. The highest BCUT2D eigenvalue weighted by atomic mass is 19.4. The number of hydrogen-bond acceptors (Lipinski definition) is 2. The van der Waals surface area contributed by atoms with Crippen LogP contribution in [0.3, 0.4) is 0 Å². The molecule has 0 bridgehead atoms. The van der Waals surface area contributed by atoms with Gasteiger partial charge in [0.2, 0.25) is 0 Å². The van der Waals surface area contributed by atoms with Crippen molar-refractivity contribution in [3.63, 3.8) is 0 Å². The molecule has 1 aliphatic carbocycles. The number of rotatable bonds is 5. The first-order valence-electron chi connectivity index (χ1n) is 6.03. The molecule has 100 valence electrons. The number of ether oxygens (including phenoxy) is 1. The third-order valence-electron chi connectivity index (χ3n) is 2.95. The Hall–Kier alpha value is -1.23. The van der Waals surface area contributed by atoms with Crippen molar-refractivity contribution in [2.75, 3.05) is 13.2 Å². The summed E-state index contributed by atoms with van der Waals surface area (Å²) in [5.41, 5.74) is 5.24. The van der Waals surface area contributed by atoms with Crippen molar-refractivity contribution in [2.45, 2.75) is 25.4 Å². The van der Waals surface area contributed by atoms with E-state index in [0.717, 1.165) is 18.9 Å². The molecule has 0 spiro atoms. The van der Waals surface area contributed by atoms with Crippen LogP contribution in [0.4, 0.5) is 13.2 Å². The van der Waals surface area contributed by atoms with Gasteiger partial charge in [0.1, 0.15) is 5.75 Å². The summed E-state index contributed by atoms with van der Waals surface area (Å²) in [5.74, 6) is 0.352. The Labute approximate surface area is 104 Å². The molecule has 0 heterocycles. The summed E-state index contributed by atoms with van der Waals surface area (Å²) in [6.45, 7) is 0.707. The number of hydrogen-bond donors (Lipinski definition) is 1. The minimum absolute atomic E-state index is 0.0739. The molecule has 1 aromatic carbocycles. The molecular formula is C13H16F3NO. The fraction of sp³-hybridized carbons (Fsp3) is 0.538. The number of halogens is 3. The second-order valence-electron chi connectivity index (χ2n) is 4.62. The van der Waals surface area contributed by atoms with Gasteiger partial charge in [0.05, 0.1) is 12.2 Å². The van der Waals surface area contributed by atoms with Crippen molar-refractivity contribution >= 4 is 0 Å². The van der Waals surface area contributed by atoms with E-state index in [1.165, 1.54) is 6.07 Å². The fourth-order valence-electron chi connectivity index (χ4n) is 1.74. The molecule has 0 atom stereocenters. The van der Waals surface area contributed by atoms with Crippen LogP contribution in [0.1, 0.15) is 24.0 Å². The smallest absolute Gasteiger partial charge is 0.419 e. The molecule has 0 radical (unpaired) electrons. The van der Waals surface area contributed by atoms with Crippen LogP contribution in [0, 0.1) is 5.92 Å². The summed E-state index contributed by atoms with van der Waals surface area (Å²) >= 11 is 0. The Morgan fingerprint density at radius 3 is 2.56 bits per heavy atom. The zero-order valence-electron chi connectivity index (χ0n) is 9.96. The quantitative estimate of drug-likeness (QED) is 0.882. The standard InChI is InChI=1S/C13H16F3NO/c14-13(15,16)11-7-9(5-6-17)3-4-12(11)18-8-10-1-2-10/h3-4,7,10H,1-2,5-6,8,17H2. The molecule has 18 heavy (non-hydrogen) atoms. The summed E-state index contributed by atoms with van der Waals surface area (Å²) in [4.78, 5) is 0. The summed E-state index contributed by atoms with van der Waals surface area (Å²) in [5, 5.41) is 0. The molecule has 2 nitrogen and oxygen atoms in total. The molecule has 1 saturated carbocycles. The molecule has 1 aliphatic rings. The molecule has 1 aromatic rings. The van der Waals surface area contributed by atoms with Gasteiger partial charge < -0.3 is 10.5 Å². The van der Waals surface area contributed by atoms with Crippen LogP contribution < -0.4 is 10.5 Å². The highest BCUT2D eigenvalue weighted by molar-refractivity contribution is 5.39. The van der Waals surface area contributed by atoms with Gasteiger partial charge in [-0.15, -0.1) is 0 Å². The van der Waals surface area contributed by atoms with Gasteiger partial charge in [0.25, 0.3) is 0 Å². The molecule has 2 N–H and O–H groups in total. The van der Waals surface area contributed by atoms with Crippen molar-refractivity contribution in [2.24, 2.45) is 11.7 Å². The lowest BCUT2D eigenvalue weighted by molar-refractivity contribution is -0.139. The largest absolute Gasteiger partial charge is 0.493 e. The van der Waals surface area contributed by atoms with Gasteiger partial charge in [0.15, 0.2) is 0 Å². The number of alkyl halides is 3. The van der Waals surface area contributed by atoms with E-state index in [4.69, 9.17) is 10.5 Å². The normalized spacial score (nSPS) is 15.8. The first kappa shape index (κ1) is 13.2. The molecule has 2 rings (SSSR count). The van der Waals surface area contributed by atoms with Gasteiger partial charge >= 0.3 is 6.18 Å². The van der Waals surface area contributed by atoms with E-state index in [9.17, 15) is 13.2 Å². The van der Waals surface area contributed by atoms with E-state index < -0.39 is 11.7 Å². The van der Waals surface area contributed by atoms with Gasteiger partial charge in [-0.1, -0.05) is 6.07 Å². The van der Waals surface area contributed by atoms with Crippen molar-refractivity contribution in [1.29, 1.82) is 0 Å². The SMILES string of the molecule is NCCc1ccc(OCC2CC2)c(C(F)(F)F)c1. The molecule has 0 aliphatic heterocycles. The van der Waals surface area contributed by atoms with Gasteiger partial charge in [0, 0.05) is 0 Å². The molecule has 0 unspecified atom stereocenters. The zero-order valence-corrected chi connectivity index (χ0v) is 9.96. The first-order valence-corrected chi connectivity index (χ1v) is 6.03. The lowest BCUT2D eigenvalue weighted by Gasteiger charge is -2.15. The average molecular weight is 259 g/mol. The Balaban J connectivity index is 2.19. The molecular weight excluding hydrogens is 243 g/mol. The van der Waals surface area contributed by atoms with Crippen LogP contribution in [-0.2, 0) is 12.6 Å². The fourth-order valence-corrected chi connectivity index (χ4v) is 1.74. The Morgan fingerprint density at radius 2 is 2.00 bits per heavy atom. The maximum absolute atomic E-state index is 12.9. The van der Waals surface area contributed by atoms with Crippen LogP contribution in [0.2, 0.25) is 0 Å². The molecule has 5 heteroatoms. The van der Waals surface area contributed by atoms with Gasteiger partial charge in [-0.3, -0.25) is 0 Å². The minimum atomic E-state index is -4.39. The molecule has 0 aromatic heterocycles. The van der Waals surface area contributed by atoms with E-state index in [0.29, 0.717) is 31.1 Å². The number of nitrogens with two attached hydrogens (primary N) is 1. The number of benzene rings is 1. The van der Waals surface area contributed by atoms with E-state index >= 15 is 0 Å². The lowest BCUT2D eigenvalue weighted by atomic mass is 10.1.